The number of nitrogens with one attached hydrogen (secondary N) is 2. The molecule has 9 heteroatoms. The molecule has 1 aromatic carbocycles. The number of hydrogen-bond acceptors (Lipinski definition) is 3. The van der Waals surface area contributed by atoms with Crippen LogP contribution >= 0.6 is 11.6 Å². The van der Waals surface area contributed by atoms with E-state index < -0.39 is 46.9 Å². The van der Waals surface area contributed by atoms with E-state index in [0.29, 0.717) is 19.3 Å². The number of imide groups is 1. The monoisotopic (exact) mass is 415 g/mol. The molecule has 1 aliphatic carbocycles. The maximum Gasteiger partial charge on any atom is 0.318 e. The normalized spacial score (nSPS) is 17.2. The number of halogens is 3. The molecule has 0 radical (unpaired) electrons. The molecule has 2 unspecified atom stereocenters. The summed E-state index contributed by atoms with van der Waals surface area (Å²) in [6.07, 6.45) is 2.27. The van der Waals surface area contributed by atoms with Crippen LogP contribution in [-0.2, 0) is 9.59 Å². The third-order valence-corrected chi connectivity index (χ3v) is 5.70. The van der Waals surface area contributed by atoms with Crippen molar-refractivity contribution in [2.75, 3.05) is 0 Å². The lowest BCUT2D eigenvalue weighted by atomic mass is 9.63. The molecule has 28 heavy (non-hydrogen) atoms. The zero-order valence-corrected chi connectivity index (χ0v) is 16.5. The van der Waals surface area contributed by atoms with Gasteiger partial charge in [-0.05, 0) is 36.8 Å². The lowest BCUT2D eigenvalue weighted by molar-refractivity contribution is -0.131. The summed E-state index contributed by atoms with van der Waals surface area (Å²) < 4.78 is 29.1. The van der Waals surface area contributed by atoms with E-state index in [1.807, 2.05) is 12.2 Å². The molecular weight excluding hydrogens is 392 g/mol. The van der Waals surface area contributed by atoms with Crippen molar-refractivity contribution in [3.8, 4) is 0 Å². The number of amides is 4. The molecule has 4 N–H and O–H groups in total. The van der Waals surface area contributed by atoms with E-state index >= 15 is 0 Å². The predicted octanol–water partition coefficient (Wildman–Crippen LogP) is 3.58. The summed E-state index contributed by atoms with van der Waals surface area (Å²) in [5, 5.41) is 4.40. The molecule has 0 saturated heterocycles. The predicted molar refractivity (Wildman–Crippen MR) is 100 cm³/mol. The molecule has 4 amide bonds. The van der Waals surface area contributed by atoms with Gasteiger partial charge in [-0.2, -0.15) is 0 Å². The Balaban J connectivity index is 2.29. The van der Waals surface area contributed by atoms with Gasteiger partial charge >= 0.3 is 6.03 Å². The molecule has 1 aromatic rings. The fraction of sp³-hybridized carbons (Fsp3) is 0.526. The number of primary amides is 1. The Labute approximate surface area is 167 Å². The van der Waals surface area contributed by atoms with E-state index in [1.165, 1.54) is 0 Å². The van der Waals surface area contributed by atoms with Gasteiger partial charge in [-0.1, -0.05) is 31.9 Å². The molecule has 0 bridgehead atoms. The van der Waals surface area contributed by atoms with E-state index in [9.17, 15) is 23.2 Å². The maximum absolute atomic E-state index is 14.7. The van der Waals surface area contributed by atoms with Crippen LogP contribution < -0.4 is 16.4 Å². The Morgan fingerprint density at radius 2 is 1.93 bits per heavy atom. The van der Waals surface area contributed by atoms with Crippen molar-refractivity contribution in [1.82, 2.24) is 10.6 Å². The first-order valence-electron chi connectivity index (χ1n) is 9.12. The summed E-state index contributed by atoms with van der Waals surface area (Å²) in [6, 6.07) is 0.254. The van der Waals surface area contributed by atoms with Crippen molar-refractivity contribution < 1.29 is 23.2 Å². The second kappa shape index (κ2) is 8.86. The standard InChI is InChI=1S/C19H24ClF2N3O3/c1-3-10(9-13(26)24-18(23)28)17(27)25-16(19(2)7-4-8-19)14-12(21)6-5-11(20)15(14)22/h5-6,10,16H,3-4,7-9H2,1-2H3,(H,25,27)(H3,23,24,26,28). The molecular formula is C19H24ClF2N3O3. The number of carbonyl (C=O) groups excluding carboxylic acids is 3. The van der Waals surface area contributed by atoms with Gasteiger partial charge in [-0.15, -0.1) is 0 Å². The van der Waals surface area contributed by atoms with E-state index in [0.717, 1.165) is 18.6 Å². The minimum absolute atomic E-state index is 0.230. The van der Waals surface area contributed by atoms with Gasteiger partial charge in [0.15, 0.2) is 0 Å². The molecule has 2 rings (SSSR count). The van der Waals surface area contributed by atoms with Crippen LogP contribution in [0.25, 0.3) is 0 Å². The lowest BCUT2D eigenvalue weighted by Gasteiger charge is -2.46. The molecule has 0 heterocycles. The summed E-state index contributed by atoms with van der Waals surface area (Å²) in [6.45, 7) is 3.55. The van der Waals surface area contributed by atoms with Crippen molar-refractivity contribution in [2.45, 2.75) is 52.0 Å². The van der Waals surface area contributed by atoms with Gasteiger partial charge in [0.1, 0.15) is 11.6 Å². The lowest BCUT2D eigenvalue weighted by Crippen LogP contribution is -2.46. The molecule has 1 fully saturated rings. The van der Waals surface area contributed by atoms with Crippen LogP contribution in [0.4, 0.5) is 13.6 Å². The van der Waals surface area contributed by atoms with Gasteiger partial charge in [-0.25, -0.2) is 13.6 Å². The van der Waals surface area contributed by atoms with Crippen LogP contribution in [0.5, 0.6) is 0 Å². The number of nitrogens with two attached hydrogens (primary N) is 1. The van der Waals surface area contributed by atoms with Gasteiger partial charge < -0.3 is 11.1 Å². The Hall–Kier alpha value is -2.22. The van der Waals surface area contributed by atoms with Crippen LogP contribution in [0, 0.1) is 23.0 Å². The highest BCUT2D eigenvalue weighted by Crippen LogP contribution is 2.51. The first-order chi connectivity index (χ1) is 13.1. The minimum Gasteiger partial charge on any atom is -0.351 e. The van der Waals surface area contributed by atoms with Crippen LogP contribution in [0.1, 0.15) is 57.6 Å². The molecule has 0 spiro atoms. The summed E-state index contributed by atoms with van der Waals surface area (Å²) in [7, 11) is 0. The van der Waals surface area contributed by atoms with Crippen LogP contribution in [0.3, 0.4) is 0 Å². The summed E-state index contributed by atoms with van der Waals surface area (Å²) in [4.78, 5) is 35.3. The Bertz CT molecular complexity index is 784. The summed E-state index contributed by atoms with van der Waals surface area (Å²) in [5.74, 6) is -3.70. The molecule has 154 valence electrons. The molecule has 0 aliphatic heterocycles. The van der Waals surface area contributed by atoms with Crippen molar-refractivity contribution in [1.29, 1.82) is 0 Å². The number of carbonyl (C=O) groups is 3. The van der Waals surface area contributed by atoms with Crippen molar-refractivity contribution in [2.24, 2.45) is 17.1 Å². The molecule has 1 saturated carbocycles. The molecule has 6 nitrogen and oxygen atoms in total. The van der Waals surface area contributed by atoms with Gasteiger partial charge in [0.2, 0.25) is 11.8 Å². The van der Waals surface area contributed by atoms with Gasteiger partial charge in [0.05, 0.1) is 11.1 Å². The van der Waals surface area contributed by atoms with Gasteiger partial charge in [-0.3, -0.25) is 14.9 Å². The first-order valence-corrected chi connectivity index (χ1v) is 9.50. The van der Waals surface area contributed by atoms with Gasteiger partial charge in [0.25, 0.3) is 0 Å². The smallest absolute Gasteiger partial charge is 0.318 e. The Morgan fingerprint density at radius 3 is 2.43 bits per heavy atom. The minimum atomic E-state index is -1.01. The van der Waals surface area contributed by atoms with Crippen molar-refractivity contribution >= 4 is 29.4 Å². The fourth-order valence-electron chi connectivity index (χ4n) is 3.52. The number of rotatable bonds is 7. The van der Waals surface area contributed by atoms with Crippen LogP contribution in [0.15, 0.2) is 12.1 Å². The van der Waals surface area contributed by atoms with Gasteiger partial charge in [0, 0.05) is 17.9 Å². The average molecular weight is 416 g/mol. The van der Waals surface area contributed by atoms with E-state index in [2.05, 4.69) is 5.32 Å². The SMILES string of the molecule is CCC(CC(=O)NC(N)=O)C(=O)NC(c1c(F)ccc(Cl)c1F)C1(C)CCC1. The third-order valence-electron chi connectivity index (χ3n) is 5.41. The second-order valence-corrected chi connectivity index (χ2v) is 7.83. The van der Waals surface area contributed by atoms with Crippen LogP contribution in [-0.4, -0.2) is 17.8 Å². The fourth-order valence-corrected chi connectivity index (χ4v) is 3.68. The summed E-state index contributed by atoms with van der Waals surface area (Å²) >= 11 is 5.83. The number of urea groups is 1. The number of hydrogen-bond donors (Lipinski definition) is 3. The largest absolute Gasteiger partial charge is 0.351 e. The van der Waals surface area contributed by atoms with E-state index in [1.54, 1.807) is 6.92 Å². The van der Waals surface area contributed by atoms with E-state index in [4.69, 9.17) is 17.3 Å². The average Bonchev–Trinajstić information content (AvgIpc) is 2.59. The Morgan fingerprint density at radius 1 is 1.29 bits per heavy atom. The highest BCUT2D eigenvalue weighted by molar-refractivity contribution is 6.30. The number of benzene rings is 1. The third kappa shape index (κ3) is 4.79. The molecule has 0 aromatic heterocycles. The Kier molecular flexibility index (Phi) is 6.98. The second-order valence-electron chi connectivity index (χ2n) is 7.43. The molecule has 2 atom stereocenters. The highest BCUT2D eigenvalue weighted by atomic mass is 35.5. The highest BCUT2D eigenvalue weighted by Gasteiger charge is 2.44. The quantitative estimate of drug-likeness (QED) is 0.593. The topological polar surface area (TPSA) is 101 Å². The van der Waals surface area contributed by atoms with E-state index in [-0.39, 0.29) is 17.0 Å². The first kappa shape index (κ1) is 22.1. The van der Waals surface area contributed by atoms with Crippen molar-refractivity contribution in [3.05, 3.63) is 34.4 Å². The molecule has 1 aliphatic rings. The zero-order chi connectivity index (χ0) is 21.1. The summed E-state index contributed by atoms with van der Waals surface area (Å²) in [5.41, 5.74) is 4.10. The van der Waals surface area contributed by atoms with Crippen molar-refractivity contribution in [3.63, 3.8) is 0 Å². The van der Waals surface area contributed by atoms with Crippen LogP contribution in [0.2, 0.25) is 5.02 Å². The maximum atomic E-state index is 14.7. The zero-order valence-electron chi connectivity index (χ0n) is 15.8.